The molecule has 1 N–H and O–H groups in total. The van der Waals surface area contributed by atoms with Gasteiger partial charge in [-0.3, -0.25) is 4.90 Å². The molecule has 1 aliphatic carbocycles. The van der Waals surface area contributed by atoms with E-state index in [2.05, 4.69) is 16.3 Å². The molecular formula is C13H22Cl2N2O. The van der Waals surface area contributed by atoms with Crippen LogP contribution in [0.3, 0.4) is 0 Å². The Balaban J connectivity index is 0.000000810. The van der Waals surface area contributed by atoms with Crippen molar-refractivity contribution in [1.29, 1.82) is 0 Å². The standard InChI is InChI=1S/C13H20N2O.2ClH/c1-3-11(4-1)13(12-5-2-10-16-12)15-8-6-14-7-9-15;;/h2,5,10-11,13-14H,1,3-4,6-9H2;2*1H/t13-;;/m1../s1. The van der Waals surface area contributed by atoms with E-state index in [0.29, 0.717) is 6.04 Å². The highest BCUT2D eigenvalue weighted by atomic mass is 35.5. The highest BCUT2D eigenvalue weighted by molar-refractivity contribution is 5.85. The fourth-order valence-electron chi connectivity index (χ4n) is 2.89. The summed E-state index contributed by atoms with van der Waals surface area (Å²) in [5, 5.41) is 3.42. The molecule has 2 aliphatic rings. The van der Waals surface area contributed by atoms with Crippen molar-refractivity contribution in [2.75, 3.05) is 26.2 Å². The lowest BCUT2D eigenvalue weighted by atomic mass is 9.78. The van der Waals surface area contributed by atoms with Crippen LogP contribution in [-0.4, -0.2) is 31.1 Å². The van der Waals surface area contributed by atoms with Crippen LogP contribution in [0, 0.1) is 5.92 Å². The second-order valence-corrected chi connectivity index (χ2v) is 4.94. The predicted octanol–water partition coefficient (Wildman–Crippen LogP) is 2.87. The second kappa shape index (κ2) is 7.39. The number of nitrogens with zero attached hydrogens (tertiary/aromatic N) is 1. The molecule has 1 aromatic rings. The van der Waals surface area contributed by atoms with Crippen LogP contribution in [0.1, 0.15) is 31.1 Å². The minimum Gasteiger partial charge on any atom is -0.468 e. The molecule has 0 spiro atoms. The molecule has 5 heteroatoms. The Hall–Kier alpha value is -0.220. The molecule has 2 fully saturated rings. The van der Waals surface area contributed by atoms with Crippen LogP contribution in [-0.2, 0) is 0 Å². The van der Waals surface area contributed by atoms with E-state index in [-0.39, 0.29) is 24.8 Å². The van der Waals surface area contributed by atoms with E-state index in [1.165, 1.54) is 25.0 Å². The minimum absolute atomic E-state index is 0. The van der Waals surface area contributed by atoms with Gasteiger partial charge >= 0.3 is 0 Å². The molecular weight excluding hydrogens is 271 g/mol. The first-order valence-corrected chi connectivity index (χ1v) is 6.43. The van der Waals surface area contributed by atoms with E-state index < -0.39 is 0 Å². The zero-order valence-corrected chi connectivity index (χ0v) is 12.1. The van der Waals surface area contributed by atoms with Crippen molar-refractivity contribution in [3.05, 3.63) is 24.2 Å². The Kier molecular flexibility index (Phi) is 6.50. The molecule has 1 aliphatic heterocycles. The third kappa shape index (κ3) is 3.21. The summed E-state index contributed by atoms with van der Waals surface area (Å²) in [4.78, 5) is 2.60. The summed E-state index contributed by atoms with van der Waals surface area (Å²) < 4.78 is 5.64. The quantitative estimate of drug-likeness (QED) is 0.929. The Morgan fingerprint density at radius 2 is 1.94 bits per heavy atom. The molecule has 1 saturated carbocycles. The number of furan rings is 1. The average molecular weight is 293 g/mol. The van der Waals surface area contributed by atoms with E-state index >= 15 is 0 Å². The maximum Gasteiger partial charge on any atom is 0.121 e. The molecule has 3 nitrogen and oxygen atoms in total. The zero-order valence-electron chi connectivity index (χ0n) is 10.5. The predicted molar refractivity (Wildman–Crippen MR) is 77.7 cm³/mol. The Labute approximate surface area is 121 Å². The van der Waals surface area contributed by atoms with Gasteiger partial charge in [-0.2, -0.15) is 0 Å². The summed E-state index contributed by atoms with van der Waals surface area (Å²) in [6.45, 7) is 4.54. The van der Waals surface area contributed by atoms with Crippen molar-refractivity contribution in [3.8, 4) is 0 Å². The van der Waals surface area contributed by atoms with Crippen molar-refractivity contribution in [3.63, 3.8) is 0 Å². The summed E-state index contributed by atoms with van der Waals surface area (Å²) in [7, 11) is 0. The van der Waals surface area contributed by atoms with Gasteiger partial charge in [0.25, 0.3) is 0 Å². The van der Waals surface area contributed by atoms with E-state index in [4.69, 9.17) is 4.42 Å². The van der Waals surface area contributed by atoms with Gasteiger partial charge in [-0.1, -0.05) is 6.42 Å². The number of halogens is 2. The summed E-state index contributed by atoms with van der Waals surface area (Å²) in [6.07, 6.45) is 5.95. The van der Waals surface area contributed by atoms with Crippen LogP contribution in [0.15, 0.2) is 22.8 Å². The van der Waals surface area contributed by atoms with Gasteiger partial charge in [-0.15, -0.1) is 24.8 Å². The minimum atomic E-state index is 0. The molecule has 18 heavy (non-hydrogen) atoms. The first-order chi connectivity index (χ1) is 7.95. The second-order valence-electron chi connectivity index (χ2n) is 4.94. The number of hydrogen-bond acceptors (Lipinski definition) is 3. The van der Waals surface area contributed by atoms with Crippen molar-refractivity contribution >= 4 is 24.8 Å². The summed E-state index contributed by atoms with van der Waals surface area (Å²) in [5.74, 6) is 2.00. The number of nitrogens with one attached hydrogen (secondary N) is 1. The van der Waals surface area contributed by atoms with Crippen LogP contribution in [0.4, 0.5) is 0 Å². The van der Waals surface area contributed by atoms with E-state index in [9.17, 15) is 0 Å². The lowest BCUT2D eigenvalue weighted by Gasteiger charge is -2.41. The van der Waals surface area contributed by atoms with Gasteiger partial charge in [0.15, 0.2) is 0 Å². The fourth-order valence-corrected chi connectivity index (χ4v) is 2.89. The molecule has 0 unspecified atom stereocenters. The summed E-state index contributed by atoms with van der Waals surface area (Å²) in [5.41, 5.74) is 0. The summed E-state index contributed by atoms with van der Waals surface area (Å²) >= 11 is 0. The van der Waals surface area contributed by atoms with Crippen LogP contribution >= 0.6 is 24.8 Å². The molecule has 0 radical (unpaired) electrons. The Morgan fingerprint density at radius 3 is 2.44 bits per heavy atom. The molecule has 2 heterocycles. The van der Waals surface area contributed by atoms with Crippen LogP contribution in [0.2, 0.25) is 0 Å². The van der Waals surface area contributed by atoms with Gasteiger partial charge in [0, 0.05) is 26.2 Å². The fraction of sp³-hybridized carbons (Fsp3) is 0.692. The highest BCUT2D eigenvalue weighted by Crippen LogP contribution is 2.41. The summed E-state index contributed by atoms with van der Waals surface area (Å²) in [6, 6.07) is 4.69. The smallest absolute Gasteiger partial charge is 0.121 e. The van der Waals surface area contributed by atoms with Gasteiger partial charge in [0.05, 0.1) is 12.3 Å². The molecule has 1 atom stereocenters. The van der Waals surface area contributed by atoms with Gasteiger partial charge < -0.3 is 9.73 Å². The Morgan fingerprint density at radius 1 is 1.22 bits per heavy atom. The van der Waals surface area contributed by atoms with E-state index in [1.54, 1.807) is 0 Å². The van der Waals surface area contributed by atoms with Gasteiger partial charge in [0.2, 0.25) is 0 Å². The highest BCUT2D eigenvalue weighted by Gasteiger charge is 2.34. The number of piperazine rings is 1. The lowest BCUT2D eigenvalue weighted by molar-refractivity contribution is 0.0685. The molecule has 0 bridgehead atoms. The SMILES string of the molecule is Cl.Cl.c1coc([C@@H](C2CCC2)N2CCNCC2)c1. The van der Waals surface area contributed by atoms with Crippen LogP contribution in [0.5, 0.6) is 0 Å². The first-order valence-electron chi connectivity index (χ1n) is 6.43. The number of rotatable bonds is 3. The van der Waals surface area contributed by atoms with Gasteiger partial charge in [-0.05, 0) is 30.9 Å². The molecule has 1 aromatic heterocycles. The van der Waals surface area contributed by atoms with Gasteiger partial charge in [0.1, 0.15) is 5.76 Å². The first kappa shape index (κ1) is 15.8. The third-order valence-corrected chi connectivity index (χ3v) is 3.98. The largest absolute Gasteiger partial charge is 0.468 e. The van der Waals surface area contributed by atoms with Crippen molar-refractivity contribution in [2.24, 2.45) is 5.92 Å². The monoisotopic (exact) mass is 292 g/mol. The average Bonchev–Trinajstić information content (AvgIpc) is 2.77. The van der Waals surface area contributed by atoms with Crippen LogP contribution in [0.25, 0.3) is 0 Å². The zero-order chi connectivity index (χ0) is 10.8. The molecule has 3 rings (SSSR count). The molecule has 1 saturated heterocycles. The van der Waals surface area contributed by atoms with Crippen molar-refractivity contribution < 1.29 is 4.42 Å². The van der Waals surface area contributed by atoms with Crippen molar-refractivity contribution in [2.45, 2.75) is 25.3 Å². The maximum atomic E-state index is 5.64. The van der Waals surface area contributed by atoms with Crippen molar-refractivity contribution in [1.82, 2.24) is 10.2 Å². The van der Waals surface area contributed by atoms with Crippen LogP contribution < -0.4 is 5.32 Å². The van der Waals surface area contributed by atoms with E-state index in [1.807, 2.05) is 12.3 Å². The normalized spacial score (nSPS) is 22.4. The lowest BCUT2D eigenvalue weighted by Crippen LogP contribution is -2.47. The maximum absolute atomic E-state index is 5.64. The Bertz CT molecular complexity index is 322. The molecule has 104 valence electrons. The topological polar surface area (TPSA) is 28.4 Å². The third-order valence-electron chi connectivity index (χ3n) is 3.98. The van der Waals surface area contributed by atoms with E-state index in [0.717, 1.165) is 32.1 Å². The number of hydrogen-bond donors (Lipinski definition) is 1. The van der Waals surface area contributed by atoms with Gasteiger partial charge in [-0.25, -0.2) is 0 Å². The molecule has 0 aromatic carbocycles. The molecule has 0 amide bonds.